The number of anilines is 1. The quantitative estimate of drug-likeness (QED) is 0.797. The molecule has 6 nitrogen and oxygen atoms in total. The second-order valence-corrected chi connectivity index (χ2v) is 7.26. The Morgan fingerprint density at radius 3 is 2.50 bits per heavy atom. The van der Waals surface area contributed by atoms with Crippen molar-refractivity contribution in [1.29, 1.82) is 0 Å². The molecule has 0 spiro atoms. The summed E-state index contributed by atoms with van der Waals surface area (Å²) < 4.78 is 0. The molecule has 1 aliphatic rings. The molecule has 1 aliphatic heterocycles. The zero-order chi connectivity index (χ0) is 17.7. The number of amides is 2. The van der Waals surface area contributed by atoms with E-state index in [0.29, 0.717) is 18.7 Å². The monoisotopic (exact) mass is 350 g/mol. The number of benzene rings is 1. The van der Waals surface area contributed by atoms with E-state index in [2.05, 4.69) is 5.32 Å². The molecule has 2 rings (SSSR count). The summed E-state index contributed by atoms with van der Waals surface area (Å²) in [4.78, 5) is 37.4. The van der Waals surface area contributed by atoms with Crippen LogP contribution in [0.2, 0.25) is 0 Å². The van der Waals surface area contributed by atoms with E-state index in [0.717, 1.165) is 17.7 Å². The summed E-state index contributed by atoms with van der Waals surface area (Å²) in [6.07, 6.45) is 2.20. The van der Waals surface area contributed by atoms with Crippen LogP contribution in [0.3, 0.4) is 0 Å². The third-order valence-electron chi connectivity index (χ3n) is 3.91. The fourth-order valence-electron chi connectivity index (χ4n) is 2.76. The van der Waals surface area contributed by atoms with E-state index in [-0.39, 0.29) is 17.1 Å². The molecular formula is C17H22N2O4S. The number of aliphatic carboxylic acids is 1. The predicted molar refractivity (Wildman–Crippen MR) is 93.1 cm³/mol. The van der Waals surface area contributed by atoms with Gasteiger partial charge in [0.05, 0.1) is 5.25 Å². The van der Waals surface area contributed by atoms with Gasteiger partial charge in [-0.25, -0.2) is 4.79 Å². The molecule has 1 aromatic carbocycles. The van der Waals surface area contributed by atoms with Gasteiger partial charge in [-0.05, 0) is 50.5 Å². The van der Waals surface area contributed by atoms with Crippen molar-refractivity contribution in [3.8, 4) is 0 Å². The number of carbonyl (C=O) groups is 3. The summed E-state index contributed by atoms with van der Waals surface area (Å²) in [5.41, 5.74) is 0.702. The number of likely N-dealkylation sites (tertiary alicyclic amines) is 1. The molecule has 2 N–H and O–H groups in total. The summed E-state index contributed by atoms with van der Waals surface area (Å²) in [5, 5.41) is 11.6. The van der Waals surface area contributed by atoms with E-state index >= 15 is 0 Å². The number of hydrogen-bond donors (Lipinski definition) is 2. The molecule has 1 aromatic rings. The van der Waals surface area contributed by atoms with Gasteiger partial charge in [-0.1, -0.05) is 0 Å². The zero-order valence-corrected chi connectivity index (χ0v) is 14.6. The van der Waals surface area contributed by atoms with Gasteiger partial charge in [-0.3, -0.25) is 9.59 Å². The van der Waals surface area contributed by atoms with Gasteiger partial charge in [-0.2, -0.15) is 0 Å². The summed E-state index contributed by atoms with van der Waals surface area (Å²) in [5.74, 6) is -1.21. The van der Waals surface area contributed by atoms with Crippen LogP contribution >= 0.6 is 11.8 Å². The van der Waals surface area contributed by atoms with Gasteiger partial charge in [0.15, 0.2) is 0 Å². The standard InChI is InChI=1S/C17H22N2O4S/c1-11(16(21)19-10-4-3-5-15(19)17(22)23)24-14-8-6-13(7-9-14)18-12(2)20/h6-9,11,15H,3-5,10H2,1-2H3,(H,18,20)(H,22,23)/t11?,15-/m1/s1. The minimum absolute atomic E-state index is 0.135. The molecule has 0 radical (unpaired) electrons. The number of nitrogens with zero attached hydrogens (tertiary/aromatic N) is 1. The van der Waals surface area contributed by atoms with Crippen molar-refractivity contribution in [2.45, 2.75) is 49.3 Å². The van der Waals surface area contributed by atoms with E-state index < -0.39 is 12.0 Å². The first-order valence-electron chi connectivity index (χ1n) is 7.96. The lowest BCUT2D eigenvalue weighted by molar-refractivity contribution is -0.151. The second-order valence-electron chi connectivity index (χ2n) is 5.85. The molecule has 7 heteroatoms. The van der Waals surface area contributed by atoms with E-state index in [1.165, 1.54) is 23.6 Å². The Balaban J connectivity index is 2.00. The van der Waals surface area contributed by atoms with Crippen molar-refractivity contribution in [2.75, 3.05) is 11.9 Å². The number of nitrogens with one attached hydrogen (secondary N) is 1. The van der Waals surface area contributed by atoms with Gasteiger partial charge in [0.25, 0.3) is 0 Å². The Kier molecular flexibility index (Phi) is 6.25. The number of carboxylic acids is 1. The van der Waals surface area contributed by atoms with Gasteiger partial charge in [-0.15, -0.1) is 11.8 Å². The van der Waals surface area contributed by atoms with E-state index in [9.17, 15) is 19.5 Å². The second kappa shape index (κ2) is 8.19. The van der Waals surface area contributed by atoms with E-state index in [1.54, 1.807) is 19.1 Å². The first kappa shape index (κ1) is 18.3. The fraction of sp³-hybridized carbons (Fsp3) is 0.471. The summed E-state index contributed by atoms with van der Waals surface area (Å²) in [7, 11) is 0. The number of rotatable bonds is 5. The lowest BCUT2D eigenvalue weighted by Gasteiger charge is -2.34. The maximum absolute atomic E-state index is 12.6. The first-order chi connectivity index (χ1) is 11.4. The Morgan fingerprint density at radius 1 is 1.25 bits per heavy atom. The molecule has 1 fully saturated rings. The molecule has 1 heterocycles. The Morgan fingerprint density at radius 2 is 1.92 bits per heavy atom. The average molecular weight is 350 g/mol. The van der Waals surface area contributed by atoms with Gasteiger partial charge < -0.3 is 15.3 Å². The topological polar surface area (TPSA) is 86.7 Å². The van der Waals surface area contributed by atoms with Crippen molar-refractivity contribution < 1.29 is 19.5 Å². The van der Waals surface area contributed by atoms with Crippen LogP contribution in [0, 0.1) is 0 Å². The average Bonchev–Trinajstić information content (AvgIpc) is 2.55. The number of carbonyl (C=O) groups excluding carboxylic acids is 2. The predicted octanol–water partition coefficient (Wildman–Crippen LogP) is 2.59. The van der Waals surface area contributed by atoms with Crippen molar-refractivity contribution in [2.24, 2.45) is 0 Å². The maximum Gasteiger partial charge on any atom is 0.326 e. The molecule has 0 aromatic heterocycles. The van der Waals surface area contributed by atoms with Crippen LogP contribution < -0.4 is 5.32 Å². The molecule has 24 heavy (non-hydrogen) atoms. The minimum atomic E-state index is -0.931. The van der Waals surface area contributed by atoms with Crippen molar-refractivity contribution in [3.05, 3.63) is 24.3 Å². The third kappa shape index (κ3) is 4.74. The molecule has 0 aliphatic carbocycles. The Labute approximate surface area is 145 Å². The van der Waals surface area contributed by atoms with Crippen LogP contribution in [0.25, 0.3) is 0 Å². The van der Waals surface area contributed by atoms with E-state index in [4.69, 9.17) is 0 Å². The lowest BCUT2D eigenvalue weighted by atomic mass is 10.0. The fourth-order valence-corrected chi connectivity index (χ4v) is 3.70. The maximum atomic E-state index is 12.6. The smallest absolute Gasteiger partial charge is 0.326 e. The van der Waals surface area contributed by atoms with Gasteiger partial charge in [0, 0.05) is 24.1 Å². The van der Waals surface area contributed by atoms with Crippen LogP contribution in [0.15, 0.2) is 29.2 Å². The SMILES string of the molecule is CC(=O)Nc1ccc(SC(C)C(=O)N2CCCC[C@@H]2C(=O)O)cc1. The van der Waals surface area contributed by atoms with Crippen molar-refractivity contribution in [1.82, 2.24) is 4.90 Å². The molecule has 130 valence electrons. The summed E-state index contributed by atoms with van der Waals surface area (Å²) in [6, 6.07) is 6.52. The number of piperidine rings is 1. The van der Waals surface area contributed by atoms with E-state index in [1.807, 2.05) is 12.1 Å². The van der Waals surface area contributed by atoms with Gasteiger partial charge >= 0.3 is 5.97 Å². The van der Waals surface area contributed by atoms with Crippen molar-refractivity contribution >= 4 is 35.2 Å². The zero-order valence-electron chi connectivity index (χ0n) is 13.8. The highest BCUT2D eigenvalue weighted by atomic mass is 32.2. The van der Waals surface area contributed by atoms with Crippen molar-refractivity contribution in [3.63, 3.8) is 0 Å². The highest BCUT2D eigenvalue weighted by Gasteiger charge is 2.34. The number of carboxylic acid groups (broad SMARTS) is 1. The Hall–Kier alpha value is -2.02. The molecule has 0 saturated carbocycles. The molecule has 2 amide bonds. The summed E-state index contributed by atoms with van der Waals surface area (Å²) in [6.45, 7) is 3.74. The van der Waals surface area contributed by atoms with Crippen LogP contribution in [0.4, 0.5) is 5.69 Å². The molecule has 0 bridgehead atoms. The number of thioether (sulfide) groups is 1. The molecule has 2 atom stereocenters. The highest BCUT2D eigenvalue weighted by Crippen LogP contribution is 2.28. The van der Waals surface area contributed by atoms with Gasteiger partial charge in [0.2, 0.25) is 11.8 Å². The molecule has 1 saturated heterocycles. The third-order valence-corrected chi connectivity index (χ3v) is 5.01. The largest absolute Gasteiger partial charge is 0.480 e. The highest BCUT2D eigenvalue weighted by molar-refractivity contribution is 8.00. The normalized spacial score (nSPS) is 18.8. The first-order valence-corrected chi connectivity index (χ1v) is 8.84. The molecule has 1 unspecified atom stereocenters. The van der Waals surface area contributed by atoms with Crippen LogP contribution in [-0.4, -0.2) is 45.6 Å². The molecular weight excluding hydrogens is 328 g/mol. The number of hydrogen-bond acceptors (Lipinski definition) is 4. The van der Waals surface area contributed by atoms with Crippen LogP contribution in [0.5, 0.6) is 0 Å². The minimum Gasteiger partial charge on any atom is -0.480 e. The van der Waals surface area contributed by atoms with Crippen LogP contribution in [-0.2, 0) is 14.4 Å². The lowest BCUT2D eigenvalue weighted by Crippen LogP contribution is -2.50. The Bertz CT molecular complexity index is 618. The van der Waals surface area contributed by atoms with Gasteiger partial charge in [0.1, 0.15) is 6.04 Å². The summed E-state index contributed by atoms with van der Waals surface area (Å²) >= 11 is 1.39. The van der Waals surface area contributed by atoms with Crippen LogP contribution in [0.1, 0.15) is 33.1 Å².